The molecule has 0 saturated heterocycles. The second kappa shape index (κ2) is 8.08. The molecule has 0 radical (unpaired) electrons. The predicted octanol–water partition coefficient (Wildman–Crippen LogP) is 0.523. The zero-order chi connectivity index (χ0) is 15.8. The smallest absolute Gasteiger partial charge is 0.336 e. The third kappa shape index (κ3) is 5.63. The fourth-order valence-corrected chi connectivity index (χ4v) is 2.10. The molecule has 0 amide bonds. The van der Waals surface area contributed by atoms with Crippen molar-refractivity contribution in [3.05, 3.63) is 43.2 Å². The van der Waals surface area contributed by atoms with Gasteiger partial charge in [0.25, 0.3) is 0 Å². The highest BCUT2D eigenvalue weighted by Crippen LogP contribution is 2.12. The lowest BCUT2D eigenvalue weighted by molar-refractivity contribution is -0.137. The SMILES string of the molecule is C=COC(C)=O.NC(C(=O)O)S(=O)(=O)c1ccccc1. The van der Waals surface area contributed by atoms with Crippen molar-refractivity contribution in [1.29, 1.82) is 0 Å². The molecule has 0 aliphatic carbocycles. The van der Waals surface area contributed by atoms with Crippen LogP contribution < -0.4 is 5.73 Å². The Labute approximate surface area is 116 Å². The summed E-state index contributed by atoms with van der Waals surface area (Å²) in [6.07, 6.45) is 1.10. The third-order valence-corrected chi connectivity index (χ3v) is 3.70. The van der Waals surface area contributed by atoms with Crippen molar-refractivity contribution in [2.75, 3.05) is 0 Å². The molecule has 0 heterocycles. The van der Waals surface area contributed by atoms with E-state index in [9.17, 15) is 18.0 Å². The summed E-state index contributed by atoms with van der Waals surface area (Å²) in [4.78, 5) is 20.1. The number of carboxylic acid groups (broad SMARTS) is 1. The van der Waals surface area contributed by atoms with Crippen molar-refractivity contribution in [2.24, 2.45) is 5.73 Å². The van der Waals surface area contributed by atoms with E-state index in [0.29, 0.717) is 0 Å². The number of ether oxygens (including phenoxy) is 1. The maximum atomic E-state index is 11.5. The fraction of sp³-hybridized carbons (Fsp3) is 0.167. The number of sulfone groups is 1. The topological polar surface area (TPSA) is 124 Å². The molecule has 0 fully saturated rings. The number of benzene rings is 1. The van der Waals surface area contributed by atoms with Gasteiger partial charge in [-0.05, 0) is 12.1 Å². The summed E-state index contributed by atoms with van der Waals surface area (Å²) < 4.78 is 27.1. The molecule has 0 aliphatic heterocycles. The maximum Gasteiger partial charge on any atom is 0.336 e. The summed E-state index contributed by atoms with van der Waals surface area (Å²) in [5, 5.41) is 6.56. The molecule has 0 aromatic heterocycles. The molecule has 8 heteroatoms. The molecule has 0 saturated carbocycles. The Morgan fingerprint density at radius 1 is 1.35 bits per heavy atom. The molecule has 1 rings (SSSR count). The van der Waals surface area contributed by atoms with Gasteiger partial charge in [-0.15, -0.1) is 0 Å². The molecule has 1 atom stereocenters. The summed E-state index contributed by atoms with van der Waals surface area (Å²) in [6, 6.07) is 7.24. The number of nitrogens with two attached hydrogens (primary N) is 1. The first-order valence-electron chi connectivity index (χ1n) is 5.29. The first kappa shape index (κ1) is 17.8. The minimum Gasteiger partial charge on any atom is -0.479 e. The van der Waals surface area contributed by atoms with Gasteiger partial charge in [-0.2, -0.15) is 0 Å². The van der Waals surface area contributed by atoms with Crippen LogP contribution in [0.25, 0.3) is 0 Å². The van der Waals surface area contributed by atoms with Gasteiger partial charge in [-0.3, -0.25) is 4.79 Å². The van der Waals surface area contributed by atoms with Crippen molar-refractivity contribution < 1.29 is 27.9 Å². The number of esters is 1. The predicted molar refractivity (Wildman–Crippen MR) is 71.2 cm³/mol. The summed E-state index contributed by atoms with van der Waals surface area (Å²) >= 11 is 0. The zero-order valence-corrected chi connectivity index (χ0v) is 11.5. The molecule has 1 aromatic carbocycles. The number of aliphatic carboxylic acids is 1. The van der Waals surface area contributed by atoms with Crippen molar-refractivity contribution in [3.63, 3.8) is 0 Å². The van der Waals surface area contributed by atoms with Gasteiger partial charge in [0.2, 0.25) is 15.2 Å². The van der Waals surface area contributed by atoms with Crippen LogP contribution in [0.5, 0.6) is 0 Å². The lowest BCUT2D eigenvalue weighted by Crippen LogP contribution is -2.38. The van der Waals surface area contributed by atoms with Gasteiger partial charge >= 0.3 is 11.9 Å². The van der Waals surface area contributed by atoms with E-state index < -0.39 is 21.2 Å². The molecule has 0 spiro atoms. The van der Waals surface area contributed by atoms with Gasteiger partial charge in [0.15, 0.2) is 0 Å². The highest BCUT2D eigenvalue weighted by molar-refractivity contribution is 7.92. The minimum absolute atomic E-state index is 0.0881. The van der Waals surface area contributed by atoms with Gasteiger partial charge < -0.3 is 15.6 Å². The number of carboxylic acids is 1. The van der Waals surface area contributed by atoms with Crippen molar-refractivity contribution in [1.82, 2.24) is 0 Å². The quantitative estimate of drug-likeness (QED) is 0.613. The molecule has 7 nitrogen and oxygen atoms in total. The second-order valence-electron chi connectivity index (χ2n) is 3.39. The number of hydrogen-bond acceptors (Lipinski definition) is 6. The van der Waals surface area contributed by atoms with Crippen molar-refractivity contribution in [3.8, 4) is 0 Å². The monoisotopic (exact) mass is 301 g/mol. The van der Waals surface area contributed by atoms with Gasteiger partial charge in [0.1, 0.15) is 0 Å². The summed E-state index contributed by atoms with van der Waals surface area (Å²) in [7, 11) is -3.96. The Bertz CT molecular complexity index is 567. The Morgan fingerprint density at radius 2 is 1.85 bits per heavy atom. The van der Waals surface area contributed by atoms with Crippen LogP contribution in [-0.4, -0.2) is 30.8 Å². The molecule has 1 unspecified atom stereocenters. The van der Waals surface area contributed by atoms with E-state index >= 15 is 0 Å². The van der Waals surface area contributed by atoms with Crippen LogP contribution in [0.1, 0.15) is 6.92 Å². The number of carbonyl (C=O) groups is 2. The van der Waals surface area contributed by atoms with Crippen LogP contribution in [0.2, 0.25) is 0 Å². The van der Waals surface area contributed by atoms with Crippen LogP contribution in [-0.2, 0) is 24.2 Å². The summed E-state index contributed by atoms with van der Waals surface area (Å²) in [6.45, 7) is 4.48. The largest absolute Gasteiger partial charge is 0.479 e. The Balaban J connectivity index is 0.000000511. The third-order valence-electron chi connectivity index (χ3n) is 1.90. The van der Waals surface area contributed by atoms with Crippen LogP contribution >= 0.6 is 0 Å². The normalized spacial score (nSPS) is 11.5. The van der Waals surface area contributed by atoms with E-state index in [2.05, 4.69) is 11.3 Å². The van der Waals surface area contributed by atoms with E-state index in [-0.39, 0.29) is 10.9 Å². The highest BCUT2D eigenvalue weighted by atomic mass is 32.2. The Morgan fingerprint density at radius 3 is 2.15 bits per heavy atom. The number of hydrogen-bond donors (Lipinski definition) is 2. The lowest BCUT2D eigenvalue weighted by atomic mass is 10.4. The molecule has 0 bridgehead atoms. The van der Waals surface area contributed by atoms with E-state index in [1.54, 1.807) is 6.07 Å². The number of rotatable bonds is 4. The highest BCUT2D eigenvalue weighted by Gasteiger charge is 2.29. The standard InChI is InChI=1S/C8H9NO4S.C4H6O2/c9-7(8(10)11)14(12,13)6-4-2-1-3-5-6;1-3-6-4(2)5/h1-5,7H,9H2,(H,10,11);3H,1H2,2H3. The minimum atomic E-state index is -3.96. The second-order valence-corrected chi connectivity index (χ2v) is 5.46. The fourth-order valence-electron chi connectivity index (χ4n) is 1.01. The van der Waals surface area contributed by atoms with Crippen LogP contribution in [0.15, 0.2) is 48.1 Å². The lowest BCUT2D eigenvalue weighted by Gasteiger charge is -2.07. The van der Waals surface area contributed by atoms with Crippen molar-refractivity contribution in [2.45, 2.75) is 17.2 Å². The van der Waals surface area contributed by atoms with E-state index in [0.717, 1.165) is 6.26 Å². The molecule has 1 aromatic rings. The van der Waals surface area contributed by atoms with E-state index in [1.807, 2.05) is 0 Å². The van der Waals surface area contributed by atoms with Crippen LogP contribution in [0, 0.1) is 0 Å². The molecule has 110 valence electrons. The Hall–Kier alpha value is -2.19. The first-order valence-corrected chi connectivity index (χ1v) is 6.83. The average Bonchev–Trinajstić information content (AvgIpc) is 2.39. The van der Waals surface area contributed by atoms with Gasteiger partial charge in [-0.25, -0.2) is 13.2 Å². The van der Waals surface area contributed by atoms with Crippen molar-refractivity contribution >= 4 is 21.8 Å². The average molecular weight is 301 g/mol. The van der Waals surface area contributed by atoms with Gasteiger partial charge in [0.05, 0.1) is 11.2 Å². The van der Waals surface area contributed by atoms with Gasteiger partial charge in [-0.1, -0.05) is 24.8 Å². The first-order chi connectivity index (χ1) is 9.23. The summed E-state index contributed by atoms with van der Waals surface area (Å²) in [5.74, 6) is -1.89. The van der Waals surface area contributed by atoms with E-state index in [4.69, 9.17) is 10.8 Å². The molecular formula is C12H15NO6S. The molecular weight excluding hydrogens is 286 g/mol. The molecule has 3 N–H and O–H groups in total. The molecule has 0 aliphatic rings. The summed E-state index contributed by atoms with van der Waals surface area (Å²) in [5.41, 5.74) is 5.04. The number of carbonyl (C=O) groups excluding carboxylic acids is 1. The van der Waals surface area contributed by atoms with Crippen LogP contribution in [0.4, 0.5) is 0 Å². The zero-order valence-electron chi connectivity index (χ0n) is 10.7. The maximum absolute atomic E-state index is 11.5. The molecule has 20 heavy (non-hydrogen) atoms. The van der Waals surface area contributed by atoms with E-state index in [1.165, 1.54) is 31.2 Å². The Kier molecular flexibility index (Phi) is 7.19. The van der Waals surface area contributed by atoms with Crippen LogP contribution in [0.3, 0.4) is 0 Å². The van der Waals surface area contributed by atoms with Gasteiger partial charge in [0, 0.05) is 6.92 Å².